The van der Waals surface area contributed by atoms with E-state index in [4.69, 9.17) is 4.74 Å². The normalized spacial score (nSPS) is 15.2. The van der Waals surface area contributed by atoms with E-state index < -0.39 is 12.0 Å². The molecule has 1 fully saturated rings. The van der Waals surface area contributed by atoms with Gasteiger partial charge in [0.25, 0.3) is 0 Å². The summed E-state index contributed by atoms with van der Waals surface area (Å²) in [4.78, 5) is 28.7. The van der Waals surface area contributed by atoms with Crippen molar-refractivity contribution in [3.63, 3.8) is 0 Å². The summed E-state index contributed by atoms with van der Waals surface area (Å²) in [5.41, 5.74) is 3.08. The number of esters is 1. The average Bonchev–Trinajstić information content (AvgIpc) is 3.25. The maximum atomic E-state index is 13.6. The Balaban J connectivity index is 1.67. The molecule has 0 saturated carbocycles. The molecule has 0 aliphatic carbocycles. The number of benzene rings is 2. The van der Waals surface area contributed by atoms with Gasteiger partial charge in [-0.25, -0.2) is 4.79 Å². The van der Waals surface area contributed by atoms with E-state index in [1.165, 1.54) is 17.8 Å². The lowest BCUT2D eigenvalue weighted by Gasteiger charge is -2.33. The Morgan fingerprint density at radius 1 is 1.00 bits per heavy atom. The van der Waals surface area contributed by atoms with Crippen molar-refractivity contribution < 1.29 is 14.3 Å². The third-order valence-electron chi connectivity index (χ3n) is 5.71. The molecule has 1 atom stereocenters. The van der Waals surface area contributed by atoms with Crippen LogP contribution in [0.15, 0.2) is 66.0 Å². The van der Waals surface area contributed by atoms with Crippen molar-refractivity contribution >= 4 is 28.2 Å². The largest absolute Gasteiger partial charge is 0.462 e. The quantitative estimate of drug-likeness (QED) is 0.467. The van der Waals surface area contributed by atoms with Crippen LogP contribution in [0, 0.1) is 0 Å². The number of ether oxygens (including phenoxy) is 1. The van der Waals surface area contributed by atoms with Crippen molar-refractivity contribution in [2.45, 2.75) is 32.2 Å². The zero-order chi connectivity index (χ0) is 22.3. The molecule has 0 spiro atoms. The first-order chi connectivity index (χ1) is 15.7. The summed E-state index contributed by atoms with van der Waals surface area (Å²) in [5, 5.41) is 5.52. The number of rotatable bonds is 7. The number of nitrogens with zero attached hydrogens (tertiary/aromatic N) is 1. The molecule has 1 N–H and O–H groups in total. The lowest BCUT2D eigenvalue weighted by atomic mass is 10.0. The molecule has 166 valence electrons. The fraction of sp³-hybridized carbons (Fsp3) is 0.308. The van der Waals surface area contributed by atoms with Gasteiger partial charge < -0.3 is 10.1 Å². The molecule has 2 heterocycles. The van der Waals surface area contributed by atoms with Crippen LogP contribution in [0.25, 0.3) is 11.1 Å². The van der Waals surface area contributed by atoms with Crippen molar-refractivity contribution in [2.24, 2.45) is 0 Å². The molecule has 1 aliphatic rings. The van der Waals surface area contributed by atoms with E-state index in [0.717, 1.165) is 42.6 Å². The van der Waals surface area contributed by atoms with Gasteiger partial charge in [-0.1, -0.05) is 67.1 Å². The summed E-state index contributed by atoms with van der Waals surface area (Å²) >= 11 is 1.36. The fourth-order valence-electron chi connectivity index (χ4n) is 4.21. The van der Waals surface area contributed by atoms with Crippen molar-refractivity contribution in [3.05, 3.63) is 77.2 Å². The van der Waals surface area contributed by atoms with Gasteiger partial charge in [0.2, 0.25) is 5.91 Å². The van der Waals surface area contributed by atoms with Gasteiger partial charge in [-0.05, 0) is 44.0 Å². The number of hydrogen-bond acceptors (Lipinski definition) is 5. The molecular weight excluding hydrogens is 420 g/mol. The Kier molecular flexibility index (Phi) is 7.35. The van der Waals surface area contributed by atoms with Crippen molar-refractivity contribution in [2.75, 3.05) is 25.0 Å². The molecule has 1 saturated heterocycles. The van der Waals surface area contributed by atoms with Crippen molar-refractivity contribution in [1.29, 1.82) is 0 Å². The number of carbonyl (C=O) groups excluding carboxylic acids is 2. The molecule has 32 heavy (non-hydrogen) atoms. The second-order valence-electron chi connectivity index (χ2n) is 7.84. The number of thiophene rings is 1. The molecule has 1 amide bonds. The maximum Gasteiger partial charge on any atom is 0.341 e. The molecular formula is C26H28N2O3S. The number of anilines is 1. The maximum absolute atomic E-state index is 13.6. The molecule has 1 aromatic heterocycles. The van der Waals surface area contributed by atoms with Crippen LogP contribution in [0.3, 0.4) is 0 Å². The third-order valence-corrected chi connectivity index (χ3v) is 6.61. The zero-order valence-electron chi connectivity index (χ0n) is 18.3. The van der Waals surface area contributed by atoms with E-state index >= 15 is 0 Å². The summed E-state index contributed by atoms with van der Waals surface area (Å²) in [5.74, 6) is -0.540. The molecule has 5 nitrogen and oxygen atoms in total. The zero-order valence-corrected chi connectivity index (χ0v) is 19.1. The SMILES string of the molecule is CCOC(=O)c1c(-c2ccccc2)csc1NC(=O)[C@H](c1ccccc1)N1CCCCC1. The third kappa shape index (κ3) is 4.92. The second kappa shape index (κ2) is 10.6. The number of nitrogens with one attached hydrogen (secondary N) is 1. The van der Waals surface area contributed by atoms with E-state index in [1.807, 2.05) is 66.0 Å². The van der Waals surface area contributed by atoms with Crippen LogP contribution in [-0.4, -0.2) is 36.5 Å². The molecule has 0 unspecified atom stereocenters. The smallest absolute Gasteiger partial charge is 0.341 e. The highest BCUT2D eigenvalue weighted by Gasteiger charge is 2.31. The van der Waals surface area contributed by atoms with E-state index in [2.05, 4.69) is 10.2 Å². The summed E-state index contributed by atoms with van der Waals surface area (Å²) in [6.07, 6.45) is 3.36. The van der Waals surface area contributed by atoms with Gasteiger partial charge in [0, 0.05) is 10.9 Å². The van der Waals surface area contributed by atoms with E-state index in [0.29, 0.717) is 10.6 Å². The number of piperidine rings is 1. The number of carbonyl (C=O) groups is 2. The minimum absolute atomic E-state index is 0.120. The fourth-order valence-corrected chi connectivity index (χ4v) is 5.17. The van der Waals surface area contributed by atoms with E-state index in [9.17, 15) is 9.59 Å². The van der Waals surface area contributed by atoms with Crippen LogP contribution in [0.5, 0.6) is 0 Å². The van der Waals surface area contributed by atoms with Crippen LogP contribution in [0.2, 0.25) is 0 Å². The van der Waals surface area contributed by atoms with Gasteiger partial charge in [0.05, 0.1) is 6.61 Å². The Bertz CT molecular complexity index is 1040. The Morgan fingerprint density at radius 2 is 1.66 bits per heavy atom. The van der Waals surface area contributed by atoms with Gasteiger partial charge in [-0.15, -0.1) is 11.3 Å². The van der Waals surface area contributed by atoms with Crippen molar-refractivity contribution in [1.82, 2.24) is 4.90 Å². The van der Waals surface area contributed by atoms with Gasteiger partial charge in [0.1, 0.15) is 16.6 Å². The number of hydrogen-bond donors (Lipinski definition) is 1. The number of amides is 1. The van der Waals surface area contributed by atoms with E-state index in [-0.39, 0.29) is 12.5 Å². The lowest BCUT2D eigenvalue weighted by Crippen LogP contribution is -2.40. The van der Waals surface area contributed by atoms with E-state index in [1.54, 1.807) is 6.92 Å². The molecule has 3 aromatic rings. The highest BCUT2D eigenvalue weighted by molar-refractivity contribution is 7.15. The molecule has 2 aromatic carbocycles. The highest BCUT2D eigenvalue weighted by atomic mass is 32.1. The summed E-state index contributed by atoms with van der Waals surface area (Å²) in [6, 6.07) is 19.2. The molecule has 6 heteroatoms. The number of likely N-dealkylation sites (tertiary alicyclic amines) is 1. The predicted octanol–water partition coefficient (Wildman–Crippen LogP) is 5.76. The molecule has 0 bridgehead atoms. The Labute approximate surface area is 193 Å². The highest BCUT2D eigenvalue weighted by Crippen LogP contribution is 2.37. The summed E-state index contributed by atoms with van der Waals surface area (Å²) in [7, 11) is 0. The van der Waals surface area contributed by atoms with Gasteiger partial charge >= 0.3 is 5.97 Å². The van der Waals surface area contributed by atoms with Gasteiger partial charge in [0.15, 0.2) is 0 Å². The second-order valence-corrected chi connectivity index (χ2v) is 8.72. The first-order valence-electron chi connectivity index (χ1n) is 11.1. The Morgan fingerprint density at radius 3 is 2.31 bits per heavy atom. The topological polar surface area (TPSA) is 58.6 Å². The van der Waals surface area contributed by atoms with Crippen LogP contribution in [-0.2, 0) is 9.53 Å². The minimum Gasteiger partial charge on any atom is -0.462 e. The lowest BCUT2D eigenvalue weighted by molar-refractivity contribution is -0.121. The first-order valence-corrected chi connectivity index (χ1v) is 12.0. The van der Waals surface area contributed by atoms with Gasteiger partial charge in [-0.2, -0.15) is 0 Å². The molecule has 4 rings (SSSR count). The van der Waals surface area contributed by atoms with Crippen molar-refractivity contribution in [3.8, 4) is 11.1 Å². The summed E-state index contributed by atoms with van der Waals surface area (Å²) < 4.78 is 5.34. The van der Waals surface area contributed by atoms with Crippen LogP contribution >= 0.6 is 11.3 Å². The van der Waals surface area contributed by atoms with Gasteiger partial charge in [-0.3, -0.25) is 9.69 Å². The predicted molar refractivity (Wildman–Crippen MR) is 129 cm³/mol. The molecule has 0 radical (unpaired) electrons. The van der Waals surface area contributed by atoms with Crippen LogP contribution in [0.1, 0.15) is 48.1 Å². The summed E-state index contributed by atoms with van der Waals surface area (Å²) in [6.45, 7) is 3.83. The van der Waals surface area contributed by atoms with Crippen LogP contribution in [0.4, 0.5) is 5.00 Å². The standard InChI is InChI=1S/C26H28N2O3S/c1-2-31-26(30)22-21(19-12-6-3-7-13-19)18-32-25(22)27-24(29)23(20-14-8-4-9-15-20)28-16-10-5-11-17-28/h3-4,6-9,12-15,18,23H,2,5,10-11,16-17H2,1H3,(H,27,29)/t23-/m0/s1. The Hall–Kier alpha value is -2.96. The minimum atomic E-state index is -0.419. The molecule has 1 aliphatic heterocycles. The van der Waals surface area contributed by atoms with Crippen LogP contribution < -0.4 is 5.32 Å². The average molecular weight is 449 g/mol. The monoisotopic (exact) mass is 448 g/mol. The first kappa shape index (κ1) is 22.2.